The summed E-state index contributed by atoms with van der Waals surface area (Å²) in [4.78, 5) is 26.4. The fourth-order valence-electron chi connectivity index (χ4n) is 3.40. The van der Waals surface area contributed by atoms with Crippen molar-refractivity contribution in [3.05, 3.63) is 65.9 Å². The summed E-state index contributed by atoms with van der Waals surface area (Å²) in [5.74, 6) is -0.418. The molecule has 1 aliphatic heterocycles. The Bertz CT molecular complexity index is 1080. The molecule has 1 aliphatic rings. The Morgan fingerprint density at radius 3 is 2.37 bits per heavy atom. The number of nitrogens with one attached hydrogen (secondary N) is 2. The number of carbonyl (C=O) groups excluding carboxylic acids is 2. The molecule has 0 bridgehead atoms. The first kappa shape index (κ1) is 21.7. The minimum atomic E-state index is -3.59. The van der Waals surface area contributed by atoms with Crippen molar-refractivity contribution in [3.63, 3.8) is 0 Å². The number of hydrogen-bond donors (Lipinski definition) is 2. The second-order valence-corrected chi connectivity index (χ2v) is 9.15. The molecule has 0 saturated carbocycles. The zero-order valence-corrected chi connectivity index (χ0v) is 17.9. The summed E-state index contributed by atoms with van der Waals surface area (Å²) < 4.78 is 26.9. The minimum Gasteiger partial charge on any atom is -0.326 e. The van der Waals surface area contributed by atoms with Crippen LogP contribution in [0, 0.1) is 0 Å². The first-order valence-electron chi connectivity index (χ1n) is 9.65. The molecule has 1 unspecified atom stereocenters. The van der Waals surface area contributed by atoms with E-state index in [-0.39, 0.29) is 29.2 Å². The van der Waals surface area contributed by atoms with Crippen LogP contribution >= 0.6 is 0 Å². The summed E-state index contributed by atoms with van der Waals surface area (Å²) in [5.41, 5.74) is 2.36. The molecule has 7 nitrogen and oxygen atoms in total. The van der Waals surface area contributed by atoms with E-state index in [1.54, 1.807) is 37.1 Å². The first-order valence-corrected chi connectivity index (χ1v) is 11.1. The van der Waals surface area contributed by atoms with Crippen LogP contribution in [0.5, 0.6) is 0 Å². The lowest BCUT2D eigenvalue weighted by Gasteiger charge is -2.32. The summed E-state index contributed by atoms with van der Waals surface area (Å²) in [6.07, 6.45) is 3.63. The molecule has 8 heteroatoms. The molecular weight excluding hydrogens is 402 g/mol. The van der Waals surface area contributed by atoms with Gasteiger partial charge in [-0.2, -0.15) is 0 Å². The van der Waals surface area contributed by atoms with Gasteiger partial charge in [-0.1, -0.05) is 24.3 Å². The lowest BCUT2D eigenvalue weighted by Crippen LogP contribution is -2.33. The highest BCUT2D eigenvalue weighted by molar-refractivity contribution is 7.89. The molecule has 0 aliphatic carbocycles. The summed E-state index contributed by atoms with van der Waals surface area (Å²) in [6.45, 7) is 4.96. The van der Waals surface area contributed by atoms with Crippen LogP contribution < -0.4 is 10.0 Å². The Morgan fingerprint density at radius 2 is 1.73 bits per heavy atom. The molecule has 1 heterocycles. The fourth-order valence-corrected chi connectivity index (χ4v) is 4.65. The normalized spacial score (nSPS) is 15.7. The zero-order chi connectivity index (χ0) is 21.9. The maximum absolute atomic E-state index is 12.7. The van der Waals surface area contributed by atoms with Gasteiger partial charge in [-0.25, -0.2) is 13.1 Å². The summed E-state index contributed by atoms with van der Waals surface area (Å²) >= 11 is 0. The van der Waals surface area contributed by atoms with Crippen molar-refractivity contribution in [2.45, 2.75) is 44.2 Å². The van der Waals surface area contributed by atoms with E-state index >= 15 is 0 Å². The van der Waals surface area contributed by atoms with Gasteiger partial charge in [0.05, 0.1) is 17.4 Å². The highest BCUT2D eigenvalue weighted by Gasteiger charge is 2.28. The molecule has 2 N–H and O–H groups in total. The van der Waals surface area contributed by atoms with Crippen LogP contribution in [0.3, 0.4) is 0 Å². The van der Waals surface area contributed by atoms with Crippen molar-refractivity contribution < 1.29 is 18.0 Å². The van der Waals surface area contributed by atoms with Gasteiger partial charge >= 0.3 is 0 Å². The number of amides is 2. The van der Waals surface area contributed by atoms with Gasteiger partial charge in [0.1, 0.15) is 0 Å². The van der Waals surface area contributed by atoms with Gasteiger partial charge in [-0.05, 0) is 55.3 Å². The Kier molecular flexibility index (Phi) is 6.38. The first-order chi connectivity index (χ1) is 14.2. The van der Waals surface area contributed by atoms with Gasteiger partial charge in [-0.15, -0.1) is 0 Å². The number of nitrogens with zero attached hydrogens (tertiary/aromatic N) is 1. The van der Waals surface area contributed by atoms with Crippen LogP contribution in [0.4, 0.5) is 5.69 Å². The average Bonchev–Trinajstić information content (AvgIpc) is 2.67. The number of fused-ring (bicyclic) bond motifs is 1. The number of anilines is 1. The van der Waals surface area contributed by atoms with E-state index in [1.807, 2.05) is 30.3 Å². The van der Waals surface area contributed by atoms with E-state index in [9.17, 15) is 18.0 Å². The number of hydrogen-bond acceptors (Lipinski definition) is 4. The number of benzene rings is 2. The van der Waals surface area contributed by atoms with Crippen molar-refractivity contribution in [2.75, 3.05) is 5.32 Å². The molecule has 2 aromatic rings. The lowest BCUT2D eigenvalue weighted by atomic mass is 9.93. The molecule has 0 aromatic heterocycles. The second kappa shape index (κ2) is 8.81. The number of rotatable bonds is 6. The van der Waals surface area contributed by atoms with Crippen LogP contribution in [0.2, 0.25) is 0 Å². The Balaban J connectivity index is 1.73. The van der Waals surface area contributed by atoms with Crippen molar-refractivity contribution in [1.29, 1.82) is 0 Å². The van der Waals surface area contributed by atoms with Gasteiger partial charge in [0, 0.05) is 24.9 Å². The summed E-state index contributed by atoms with van der Waals surface area (Å²) in [5, 5.41) is 2.78. The molecule has 3 rings (SSSR count). The third-order valence-electron chi connectivity index (χ3n) is 4.69. The summed E-state index contributed by atoms with van der Waals surface area (Å²) in [7, 11) is -3.59. The van der Waals surface area contributed by atoms with Gasteiger partial charge in [0.25, 0.3) is 0 Å². The fraction of sp³-hybridized carbons (Fsp3) is 0.273. The molecule has 0 saturated heterocycles. The Hall–Kier alpha value is -2.97. The molecule has 2 amide bonds. The van der Waals surface area contributed by atoms with Crippen LogP contribution in [0.25, 0.3) is 6.08 Å². The molecule has 0 radical (unpaired) electrons. The second-order valence-electron chi connectivity index (χ2n) is 7.44. The van der Waals surface area contributed by atoms with Crippen LogP contribution in [0.1, 0.15) is 44.4 Å². The Morgan fingerprint density at radius 1 is 1.07 bits per heavy atom. The van der Waals surface area contributed by atoms with Crippen LogP contribution in [-0.2, 0) is 19.6 Å². The van der Waals surface area contributed by atoms with E-state index in [1.165, 1.54) is 19.1 Å². The van der Waals surface area contributed by atoms with Gasteiger partial charge in [0.2, 0.25) is 21.8 Å². The van der Waals surface area contributed by atoms with E-state index < -0.39 is 16.1 Å². The molecule has 0 spiro atoms. The number of carbonyl (C=O) groups is 2. The van der Waals surface area contributed by atoms with Crippen molar-refractivity contribution >= 4 is 33.6 Å². The van der Waals surface area contributed by atoms with Crippen LogP contribution in [0.15, 0.2) is 59.6 Å². The molecule has 30 heavy (non-hydrogen) atoms. The van der Waals surface area contributed by atoms with Crippen molar-refractivity contribution in [2.24, 2.45) is 0 Å². The monoisotopic (exact) mass is 427 g/mol. The maximum Gasteiger partial charge on any atom is 0.240 e. The smallest absolute Gasteiger partial charge is 0.240 e. The third kappa shape index (κ3) is 4.95. The largest absolute Gasteiger partial charge is 0.326 e. The van der Waals surface area contributed by atoms with Gasteiger partial charge in [-0.3, -0.25) is 9.59 Å². The SMILES string of the molecule is CC(=O)N1C=Cc2ccccc2C1CC(=O)Nc1ccc(S(=O)(=O)NC(C)C)cc1. The summed E-state index contributed by atoms with van der Waals surface area (Å²) in [6, 6.07) is 13.0. The topological polar surface area (TPSA) is 95.6 Å². The number of sulfonamides is 1. The van der Waals surface area contributed by atoms with Gasteiger partial charge in [0.15, 0.2) is 0 Å². The molecule has 2 aromatic carbocycles. The van der Waals surface area contributed by atoms with E-state index in [0.29, 0.717) is 5.69 Å². The predicted octanol–water partition coefficient (Wildman–Crippen LogP) is 3.28. The van der Waals surface area contributed by atoms with Crippen molar-refractivity contribution in [3.8, 4) is 0 Å². The van der Waals surface area contributed by atoms with E-state index in [4.69, 9.17) is 0 Å². The van der Waals surface area contributed by atoms with Gasteiger partial charge < -0.3 is 10.2 Å². The Labute approximate surface area is 176 Å². The average molecular weight is 428 g/mol. The van der Waals surface area contributed by atoms with E-state index in [0.717, 1.165) is 11.1 Å². The molecule has 0 fully saturated rings. The van der Waals surface area contributed by atoms with Crippen molar-refractivity contribution in [1.82, 2.24) is 9.62 Å². The third-order valence-corrected chi connectivity index (χ3v) is 6.36. The maximum atomic E-state index is 12.7. The minimum absolute atomic E-state index is 0.0793. The predicted molar refractivity (Wildman–Crippen MR) is 116 cm³/mol. The molecule has 1 atom stereocenters. The molecular formula is C22H25N3O4S. The zero-order valence-electron chi connectivity index (χ0n) is 17.1. The molecule has 158 valence electrons. The quantitative estimate of drug-likeness (QED) is 0.740. The van der Waals surface area contributed by atoms with E-state index in [2.05, 4.69) is 10.0 Å². The van der Waals surface area contributed by atoms with Crippen LogP contribution in [-0.4, -0.2) is 31.2 Å². The highest BCUT2D eigenvalue weighted by atomic mass is 32.2. The standard InChI is InChI=1S/C22H25N3O4S/c1-15(2)24-30(28,29)19-10-8-18(9-11-19)23-22(27)14-21-20-7-5-4-6-17(20)12-13-25(21)16(3)26/h4-13,15,21,24H,14H2,1-3H3,(H,23,27). The lowest BCUT2D eigenvalue weighted by molar-refractivity contribution is -0.129. The highest BCUT2D eigenvalue weighted by Crippen LogP contribution is 2.33.